The normalized spacial score (nSPS) is 19.7. The highest BCUT2D eigenvalue weighted by molar-refractivity contribution is 7.86. The van der Waals surface area contributed by atoms with E-state index in [1.807, 2.05) is 0 Å². The number of carboxylic acid groups (broad SMARTS) is 1. The number of carboxylic acids is 1. The number of carbonyl (C=O) groups is 2. The summed E-state index contributed by atoms with van der Waals surface area (Å²) in [5.41, 5.74) is 0. The molecule has 1 heterocycles. The van der Waals surface area contributed by atoms with Gasteiger partial charge in [0.2, 0.25) is 5.91 Å². The molecule has 1 fully saturated rings. The molecule has 0 aromatic heterocycles. The van der Waals surface area contributed by atoms with E-state index in [1.54, 1.807) is 11.8 Å². The van der Waals surface area contributed by atoms with Crippen molar-refractivity contribution in [2.75, 3.05) is 32.1 Å². The lowest BCUT2D eigenvalue weighted by atomic mass is 10.3. The van der Waals surface area contributed by atoms with Crippen LogP contribution < -0.4 is 0 Å². The van der Waals surface area contributed by atoms with Gasteiger partial charge in [-0.15, -0.1) is 0 Å². The van der Waals surface area contributed by atoms with E-state index in [0.717, 1.165) is 0 Å². The van der Waals surface area contributed by atoms with Crippen molar-refractivity contribution in [2.24, 2.45) is 0 Å². The molecule has 1 aliphatic heterocycles. The molecule has 1 aliphatic rings. The largest absolute Gasteiger partial charge is 0.481 e. The predicted molar refractivity (Wildman–Crippen MR) is 62.1 cm³/mol. The van der Waals surface area contributed by atoms with Crippen LogP contribution in [0.3, 0.4) is 0 Å². The lowest BCUT2D eigenvalue weighted by Crippen LogP contribution is -2.46. The highest BCUT2D eigenvalue weighted by Gasteiger charge is 2.26. The summed E-state index contributed by atoms with van der Waals surface area (Å²) in [5, 5.41) is 7.84. The summed E-state index contributed by atoms with van der Waals surface area (Å²) < 4.78 is 16.8. The third-order valence-corrected chi connectivity index (χ3v) is 4.18. The second-order valence-electron chi connectivity index (χ2n) is 3.81. The Morgan fingerprint density at radius 1 is 1.41 bits per heavy atom. The zero-order valence-corrected chi connectivity index (χ0v) is 10.6. The number of ether oxygens (including phenoxy) is 1. The maximum atomic E-state index is 11.9. The van der Waals surface area contributed by atoms with Gasteiger partial charge >= 0.3 is 5.97 Å². The van der Waals surface area contributed by atoms with Gasteiger partial charge in [0.1, 0.15) is 5.25 Å². The Morgan fingerprint density at radius 2 is 2.00 bits per heavy atom. The van der Waals surface area contributed by atoms with Gasteiger partial charge < -0.3 is 14.7 Å². The Balaban J connectivity index is 2.44. The van der Waals surface area contributed by atoms with Crippen LogP contribution in [-0.4, -0.2) is 63.4 Å². The van der Waals surface area contributed by atoms with E-state index in [-0.39, 0.29) is 18.1 Å². The number of aliphatic carboxylic acids is 1. The summed E-state index contributed by atoms with van der Waals surface area (Å²) in [5.74, 6) is -1.16. The van der Waals surface area contributed by atoms with E-state index < -0.39 is 22.0 Å². The maximum absolute atomic E-state index is 11.9. The van der Waals surface area contributed by atoms with Gasteiger partial charge in [-0.1, -0.05) is 0 Å². The fourth-order valence-electron chi connectivity index (χ4n) is 1.52. The van der Waals surface area contributed by atoms with Gasteiger partial charge in [-0.3, -0.25) is 13.8 Å². The number of hydrogen-bond donors (Lipinski definition) is 1. The lowest BCUT2D eigenvalue weighted by Gasteiger charge is -2.28. The van der Waals surface area contributed by atoms with Gasteiger partial charge in [-0.2, -0.15) is 0 Å². The Kier molecular flexibility index (Phi) is 5.57. The summed E-state index contributed by atoms with van der Waals surface area (Å²) in [6.07, 6.45) is -0.173. The fourth-order valence-corrected chi connectivity index (χ4v) is 2.62. The standard InChI is InChI=1S/C10H17NO5S/c1-8(17(15)7-2-9(12)13)10(14)11-3-5-16-6-4-11/h8H,2-7H2,1H3,(H,12,13). The van der Waals surface area contributed by atoms with Crippen LogP contribution in [0.15, 0.2) is 0 Å². The lowest BCUT2D eigenvalue weighted by molar-refractivity contribution is -0.137. The number of amides is 1. The van der Waals surface area contributed by atoms with Crippen molar-refractivity contribution in [3.05, 3.63) is 0 Å². The average molecular weight is 263 g/mol. The quantitative estimate of drug-likeness (QED) is 0.720. The van der Waals surface area contributed by atoms with E-state index in [1.165, 1.54) is 0 Å². The minimum Gasteiger partial charge on any atom is -0.481 e. The smallest absolute Gasteiger partial charge is 0.304 e. The van der Waals surface area contributed by atoms with E-state index in [0.29, 0.717) is 26.3 Å². The van der Waals surface area contributed by atoms with Crippen LogP contribution in [0.25, 0.3) is 0 Å². The predicted octanol–water partition coefficient (Wildman–Crippen LogP) is -0.543. The number of rotatable bonds is 5. The van der Waals surface area contributed by atoms with Crippen LogP contribution in [0.5, 0.6) is 0 Å². The van der Waals surface area contributed by atoms with Gasteiger partial charge in [0.05, 0.1) is 19.6 Å². The molecule has 7 heteroatoms. The molecule has 0 bridgehead atoms. The second-order valence-corrected chi connectivity index (χ2v) is 5.69. The summed E-state index contributed by atoms with van der Waals surface area (Å²) in [4.78, 5) is 23.9. The van der Waals surface area contributed by atoms with Gasteiger partial charge in [0, 0.05) is 29.6 Å². The molecule has 1 saturated heterocycles. The number of hydrogen-bond acceptors (Lipinski definition) is 4. The number of carbonyl (C=O) groups excluding carboxylic acids is 1. The first kappa shape index (κ1) is 14.1. The molecular formula is C10H17NO5S. The Labute approximate surface area is 102 Å². The average Bonchev–Trinajstić information content (AvgIpc) is 2.35. The van der Waals surface area contributed by atoms with E-state index in [2.05, 4.69) is 0 Å². The molecular weight excluding hydrogens is 246 g/mol. The monoisotopic (exact) mass is 263 g/mol. The second kappa shape index (κ2) is 6.70. The number of morpholine rings is 1. The molecule has 98 valence electrons. The minimum atomic E-state index is -1.43. The zero-order chi connectivity index (χ0) is 12.8. The molecule has 1 amide bonds. The highest BCUT2D eigenvalue weighted by atomic mass is 32.2. The maximum Gasteiger partial charge on any atom is 0.304 e. The van der Waals surface area contributed by atoms with Crippen molar-refractivity contribution >= 4 is 22.7 Å². The molecule has 0 aromatic rings. The van der Waals surface area contributed by atoms with Crippen molar-refractivity contribution in [1.29, 1.82) is 0 Å². The molecule has 2 unspecified atom stereocenters. The summed E-state index contributed by atoms with van der Waals surface area (Å²) in [6.45, 7) is 3.61. The van der Waals surface area contributed by atoms with Gasteiger partial charge in [-0.05, 0) is 6.92 Å². The molecule has 0 spiro atoms. The molecule has 17 heavy (non-hydrogen) atoms. The van der Waals surface area contributed by atoms with E-state index >= 15 is 0 Å². The SMILES string of the molecule is CC(C(=O)N1CCOCC1)S(=O)CCC(=O)O. The van der Waals surface area contributed by atoms with Crippen molar-refractivity contribution in [1.82, 2.24) is 4.90 Å². The number of nitrogens with zero attached hydrogens (tertiary/aromatic N) is 1. The van der Waals surface area contributed by atoms with Crippen molar-refractivity contribution in [3.63, 3.8) is 0 Å². The summed E-state index contributed by atoms with van der Waals surface area (Å²) in [6, 6.07) is 0. The zero-order valence-electron chi connectivity index (χ0n) is 9.76. The summed E-state index contributed by atoms with van der Waals surface area (Å²) >= 11 is 0. The van der Waals surface area contributed by atoms with Gasteiger partial charge in [0.25, 0.3) is 0 Å². The van der Waals surface area contributed by atoms with E-state index in [9.17, 15) is 13.8 Å². The molecule has 1 N–H and O–H groups in total. The Hall–Kier alpha value is -0.950. The molecule has 0 radical (unpaired) electrons. The van der Waals surface area contributed by atoms with E-state index in [4.69, 9.17) is 9.84 Å². The first-order chi connectivity index (χ1) is 8.02. The first-order valence-corrected chi connectivity index (χ1v) is 6.86. The van der Waals surface area contributed by atoms with Gasteiger partial charge in [-0.25, -0.2) is 0 Å². The van der Waals surface area contributed by atoms with Crippen LogP contribution in [0.2, 0.25) is 0 Å². The van der Waals surface area contributed by atoms with Crippen LogP contribution in [0.1, 0.15) is 13.3 Å². The van der Waals surface area contributed by atoms with Crippen molar-refractivity contribution in [2.45, 2.75) is 18.6 Å². The molecule has 0 saturated carbocycles. The molecule has 0 aromatic carbocycles. The topological polar surface area (TPSA) is 83.9 Å². The van der Waals surface area contributed by atoms with Crippen LogP contribution >= 0.6 is 0 Å². The van der Waals surface area contributed by atoms with Crippen LogP contribution in [-0.2, 0) is 25.1 Å². The van der Waals surface area contributed by atoms with Crippen LogP contribution in [0.4, 0.5) is 0 Å². The van der Waals surface area contributed by atoms with Crippen molar-refractivity contribution in [3.8, 4) is 0 Å². The molecule has 0 aliphatic carbocycles. The first-order valence-electron chi connectivity index (χ1n) is 5.48. The molecule has 6 nitrogen and oxygen atoms in total. The fraction of sp³-hybridized carbons (Fsp3) is 0.800. The molecule has 1 rings (SSSR count). The van der Waals surface area contributed by atoms with Crippen LogP contribution in [0, 0.1) is 0 Å². The highest BCUT2D eigenvalue weighted by Crippen LogP contribution is 2.06. The Bertz CT molecular complexity index is 314. The minimum absolute atomic E-state index is 0.0204. The third kappa shape index (κ3) is 4.43. The summed E-state index contributed by atoms with van der Waals surface area (Å²) in [7, 11) is -1.43. The van der Waals surface area contributed by atoms with Crippen molar-refractivity contribution < 1.29 is 23.6 Å². The third-order valence-electron chi connectivity index (χ3n) is 2.58. The Morgan fingerprint density at radius 3 is 2.53 bits per heavy atom. The molecule has 2 atom stereocenters. The van der Waals surface area contributed by atoms with Gasteiger partial charge in [0.15, 0.2) is 0 Å².